The number of hydrogen-bond donors (Lipinski definition) is 5. The molecular weight excluding hydrogens is 221 g/mol. The van der Waals surface area contributed by atoms with E-state index in [1.807, 2.05) is 0 Å². The quantitative estimate of drug-likeness (QED) is 0.336. The molecule has 8 nitrogen and oxygen atoms in total. The summed E-state index contributed by atoms with van der Waals surface area (Å²) in [4.78, 5) is 35.5. The zero-order chi connectivity index (χ0) is 9.86. The third kappa shape index (κ3) is 66300. The molecule has 66 valence electrons. The van der Waals surface area contributed by atoms with E-state index in [4.69, 9.17) is 38.2 Å². The highest BCUT2D eigenvalue weighted by atomic mass is 31.1. The van der Waals surface area contributed by atoms with E-state index in [0.717, 1.165) is 0 Å². The Bertz CT molecular complexity index is 96.5. The molecule has 1 unspecified atom stereocenters. The van der Waals surface area contributed by atoms with Gasteiger partial charge in [0.1, 0.15) is 0 Å². The molecule has 0 aliphatic rings. The molecule has 0 amide bonds. The molecule has 0 aromatic carbocycles. The molecular formula is H6O8P3+3. The maximum absolute atomic E-state index is 8.70. The van der Waals surface area contributed by atoms with Crippen molar-refractivity contribution in [3.63, 3.8) is 0 Å². The molecule has 11 heavy (non-hydrogen) atoms. The van der Waals surface area contributed by atoms with Gasteiger partial charge in [-0.25, -0.2) is 0 Å². The fraction of sp³-hybridized carbons (Fsp3) is 0. The van der Waals surface area contributed by atoms with Crippen molar-refractivity contribution >= 4 is 25.2 Å². The summed E-state index contributed by atoms with van der Waals surface area (Å²) in [5.41, 5.74) is 0. The normalized spacial score (nSPS) is 6.64. The van der Waals surface area contributed by atoms with Gasteiger partial charge in [0.2, 0.25) is 0 Å². The third-order valence-corrected chi connectivity index (χ3v) is 0. The summed E-state index contributed by atoms with van der Waals surface area (Å²) >= 11 is 0. The molecule has 11 heteroatoms. The minimum atomic E-state index is -2.87. The Morgan fingerprint density at radius 2 is 0.909 bits per heavy atom. The van der Waals surface area contributed by atoms with E-state index in [9.17, 15) is 0 Å². The van der Waals surface area contributed by atoms with Gasteiger partial charge in [0, 0.05) is 9.13 Å². The second-order valence-electron chi connectivity index (χ2n) is 0.597. The van der Waals surface area contributed by atoms with Gasteiger partial charge >= 0.3 is 25.2 Å². The summed E-state index contributed by atoms with van der Waals surface area (Å²) < 4.78 is 25.9. The molecule has 0 aromatic heterocycles. The maximum atomic E-state index is 8.70. The molecule has 0 aromatic rings. The van der Waals surface area contributed by atoms with E-state index in [-0.39, 0.29) is 0 Å². The van der Waals surface area contributed by atoms with E-state index < -0.39 is 25.2 Å². The average Bonchev–Trinajstić information content (AvgIpc) is 1.60. The zero-order valence-corrected chi connectivity index (χ0v) is 7.64. The summed E-state index contributed by atoms with van der Waals surface area (Å²) in [6.45, 7) is 0. The van der Waals surface area contributed by atoms with Crippen LogP contribution in [0.3, 0.4) is 0 Å². The molecule has 0 spiro atoms. The Morgan fingerprint density at radius 1 is 0.909 bits per heavy atom. The monoisotopic (exact) mass is 227 g/mol. The molecule has 0 saturated carbocycles. The molecule has 5 N–H and O–H groups in total. The Balaban J connectivity index is -0.0000000886. The largest absolute Gasteiger partial charge is 0.692 e. The van der Waals surface area contributed by atoms with Crippen LogP contribution in [-0.2, 0) is 13.7 Å². The second-order valence-corrected chi connectivity index (χ2v) is 1.79. The van der Waals surface area contributed by atoms with Crippen molar-refractivity contribution in [2.45, 2.75) is 0 Å². The van der Waals surface area contributed by atoms with Crippen LogP contribution >= 0.6 is 25.2 Å². The Kier molecular flexibility index (Phi) is 26.0. The highest BCUT2D eigenvalue weighted by Crippen LogP contribution is 1.98. The van der Waals surface area contributed by atoms with Crippen molar-refractivity contribution in [2.75, 3.05) is 0 Å². The first-order valence-corrected chi connectivity index (χ1v) is 4.78. The van der Waals surface area contributed by atoms with Crippen molar-refractivity contribution in [1.29, 1.82) is 0 Å². The summed E-state index contributed by atoms with van der Waals surface area (Å²) in [6.07, 6.45) is 0. The number of rotatable bonds is 0. The lowest BCUT2D eigenvalue weighted by atomic mass is 15.8. The van der Waals surface area contributed by atoms with E-state index in [1.165, 1.54) is 0 Å². The topological polar surface area (TPSA) is 152 Å². The summed E-state index contributed by atoms with van der Waals surface area (Å²) in [6, 6.07) is 0. The van der Waals surface area contributed by atoms with Crippen molar-refractivity contribution in [1.82, 2.24) is 0 Å². The Morgan fingerprint density at radius 3 is 0.909 bits per heavy atom. The van der Waals surface area contributed by atoms with Gasteiger partial charge in [-0.15, -0.1) is 19.6 Å². The molecule has 0 saturated heterocycles. The summed E-state index contributed by atoms with van der Waals surface area (Å²) in [7, 11) is -6.91. The van der Waals surface area contributed by atoms with Crippen LogP contribution in [0.4, 0.5) is 0 Å². The minimum Gasteiger partial charge on any atom is -0.162 e. The standard InChI is InChI=1S/2HO3P.HO2P/c2*1-4(2)3;1-3-2/h2*(H-,1,2,3);3H/p+3. The van der Waals surface area contributed by atoms with Gasteiger partial charge in [-0.2, -0.15) is 4.89 Å². The van der Waals surface area contributed by atoms with Crippen LogP contribution in [0.1, 0.15) is 0 Å². The fourth-order valence-corrected chi connectivity index (χ4v) is 0. The molecule has 0 aliphatic heterocycles. The van der Waals surface area contributed by atoms with Crippen molar-refractivity contribution in [3.8, 4) is 0 Å². The van der Waals surface area contributed by atoms with E-state index in [0.29, 0.717) is 0 Å². The van der Waals surface area contributed by atoms with Gasteiger partial charge in [0.15, 0.2) is 0 Å². The lowest BCUT2D eigenvalue weighted by molar-refractivity contribution is 0.403. The van der Waals surface area contributed by atoms with E-state index in [2.05, 4.69) is 0 Å². The number of hydrogen-bond acceptors (Lipinski definition) is 3. The van der Waals surface area contributed by atoms with Crippen LogP contribution in [0, 0.1) is 0 Å². The first-order valence-electron chi connectivity index (χ1n) is 1.59. The lowest BCUT2D eigenvalue weighted by Gasteiger charge is -1.34. The van der Waals surface area contributed by atoms with Crippen LogP contribution in [0.2, 0.25) is 0 Å². The van der Waals surface area contributed by atoms with Crippen LogP contribution in [0.25, 0.3) is 0 Å². The highest BCUT2D eigenvalue weighted by Gasteiger charge is 1.93. The predicted molar refractivity (Wildman–Crippen MR) is 35.3 cm³/mol. The molecule has 1 atom stereocenters. The molecule has 0 radical (unpaired) electrons. The SMILES string of the molecule is O=[P+](O)O.O=[P+](O)O.O=[PH+]O. The molecule has 0 fully saturated rings. The van der Waals surface area contributed by atoms with Gasteiger partial charge in [0.25, 0.3) is 0 Å². The average molecular weight is 227 g/mol. The summed E-state index contributed by atoms with van der Waals surface area (Å²) in [5, 5.41) is 0. The Hall–Kier alpha value is 0.1000. The molecule has 0 aliphatic carbocycles. The van der Waals surface area contributed by atoms with Crippen LogP contribution in [0.15, 0.2) is 0 Å². The van der Waals surface area contributed by atoms with Crippen molar-refractivity contribution in [2.24, 2.45) is 0 Å². The predicted octanol–water partition coefficient (Wildman–Crippen LogP) is -0.826. The van der Waals surface area contributed by atoms with Crippen LogP contribution in [0.5, 0.6) is 0 Å². The fourth-order valence-electron chi connectivity index (χ4n) is 0. The first-order chi connectivity index (χ1) is 4.88. The van der Waals surface area contributed by atoms with Gasteiger partial charge < -0.3 is 0 Å². The molecule has 0 heterocycles. The van der Waals surface area contributed by atoms with Gasteiger partial charge in [0.05, 0.1) is 0 Å². The smallest absolute Gasteiger partial charge is 0.162 e. The van der Waals surface area contributed by atoms with Gasteiger partial charge in [-0.1, -0.05) is 0 Å². The highest BCUT2D eigenvalue weighted by molar-refractivity contribution is 7.31. The van der Waals surface area contributed by atoms with Crippen LogP contribution in [-0.4, -0.2) is 24.5 Å². The van der Waals surface area contributed by atoms with Gasteiger partial charge in [-0.05, 0) is 4.57 Å². The van der Waals surface area contributed by atoms with Crippen molar-refractivity contribution < 1.29 is 38.2 Å². The third-order valence-electron chi connectivity index (χ3n) is 0. The summed E-state index contributed by atoms with van der Waals surface area (Å²) in [5.74, 6) is 0. The molecule has 0 bridgehead atoms. The van der Waals surface area contributed by atoms with Crippen LogP contribution < -0.4 is 0 Å². The lowest BCUT2D eigenvalue weighted by Crippen LogP contribution is -1.38. The minimum absolute atomic E-state index is 1.17. The first kappa shape index (κ1) is 17.3. The zero-order valence-electron chi connectivity index (χ0n) is 4.86. The van der Waals surface area contributed by atoms with Crippen molar-refractivity contribution in [3.05, 3.63) is 0 Å². The van der Waals surface area contributed by atoms with E-state index in [1.54, 1.807) is 0 Å². The maximum Gasteiger partial charge on any atom is 0.692 e. The molecule has 0 rings (SSSR count). The Labute approximate surface area is 64.3 Å². The van der Waals surface area contributed by atoms with E-state index >= 15 is 0 Å². The second kappa shape index (κ2) is 16.6. The van der Waals surface area contributed by atoms with Gasteiger partial charge in [-0.3, -0.25) is 0 Å².